The Morgan fingerprint density at radius 2 is 1.85 bits per heavy atom. The zero-order chi connectivity index (χ0) is 14.7. The molecule has 0 saturated heterocycles. The van der Waals surface area contributed by atoms with E-state index in [-0.39, 0.29) is 5.95 Å². The molecule has 0 aliphatic heterocycles. The molecule has 9 heteroatoms. The molecule has 0 atom stereocenters. The third-order valence-corrected chi connectivity index (χ3v) is 3.81. The molecular weight excluding hydrogens is 276 g/mol. The van der Waals surface area contributed by atoms with Crippen molar-refractivity contribution in [1.82, 2.24) is 29.7 Å². The minimum Gasteiger partial charge on any atom is -0.368 e. The standard InChI is InChI=1S/C11H18N8S/c1-5-19(6-2)9-13-8(12)14-10(15-9)20-11-17-16-7(3)18(11)4/h5-6H2,1-4H3,(H2,12,13,14,15). The first-order valence-corrected chi connectivity index (χ1v) is 7.17. The van der Waals surface area contributed by atoms with Gasteiger partial charge in [0.05, 0.1) is 0 Å². The Morgan fingerprint density at radius 1 is 1.15 bits per heavy atom. The van der Waals surface area contributed by atoms with E-state index in [1.165, 1.54) is 11.8 Å². The van der Waals surface area contributed by atoms with Gasteiger partial charge < -0.3 is 15.2 Å². The van der Waals surface area contributed by atoms with Gasteiger partial charge in [-0.2, -0.15) is 15.0 Å². The van der Waals surface area contributed by atoms with E-state index in [2.05, 4.69) is 25.1 Å². The summed E-state index contributed by atoms with van der Waals surface area (Å²) in [6, 6.07) is 0. The molecule has 108 valence electrons. The van der Waals surface area contributed by atoms with E-state index in [0.29, 0.717) is 11.1 Å². The molecule has 2 aromatic heterocycles. The number of hydrogen-bond acceptors (Lipinski definition) is 8. The Bertz CT molecular complexity index is 592. The van der Waals surface area contributed by atoms with E-state index >= 15 is 0 Å². The molecule has 0 saturated carbocycles. The van der Waals surface area contributed by atoms with Crippen LogP contribution in [0.1, 0.15) is 19.7 Å². The summed E-state index contributed by atoms with van der Waals surface area (Å²) >= 11 is 1.32. The Morgan fingerprint density at radius 3 is 2.40 bits per heavy atom. The molecule has 0 amide bonds. The molecule has 2 aromatic rings. The van der Waals surface area contributed by atoms with Crippen LogP contribution >= 0.6 is 11.8 Å². The van der Waals surface area contributed by atoms with Gasteiger partial charge in [0.25, 0.3) is 0 Å². The van der Waals surface area contributed by atoms with E-state index in [1.807, 2.05) is 37.3 Å². The third-order valence-electron chi connectivity index (χ3n) is 2.90. The number of aryl methyl sites for hydroxylation is 1. The molecule has 0 spiro atoms. The van der Waals surface area contributed by atoms with E-state index in [0.717, 1.165) is 24.1 Å². The van der Waals surface area contributed by atoms with Gasteiger partial charge in [0.15, 0.2) is 5.16 Å². The summed E-state index contributed by atoms with van der Waals surface area (Å²) in [5.41, 5.74) is 5.76. The van der Waals surface area contributed by atoms with Crippen molar-refractivity contribution < 1.29 is 0 Å². The van der Waals surface area contributed by atoms with Crippen LogP contribution < -0.4 is 10.6 Å². The van der Waals surface area contributed by atoms with E-state index in [1.54, 1.807) is 0 Å². The van der Waals surface area contributed by atoms with Gasteiger partial charge in [-0.05, 0) is 32.5 Å². The summed E-state index contributed by atoms with van der Waals surface area (Å²) < 4.78 is 1.88. The Hall–Kier alpha value is -1.90. The molecule has 0 bridgehead atoms. The molecule has 2 N–H and O–H groups in total. The Labute approximate surface area is 121 Å². The molecule has 0 unspecified atom stereocenters. The third kappa shape index (κ3) is 2.98. The molecular formula is C11H18N8S. The van der Waals surface area contributed by atoms with Crippen LogP contribution in [0.3, 0.4) is 0 Å². The zero-order valence-corrected chi connectivity index (χ0v) is 12.8. The van der Waals surface area contributed by atoms with Crippen molar-refractivity contribution in [2.45, 2.75) is 31.1 Å². The van der Waals surface area contributed by atoms with Crippen molar-refractivity contribution in [3.63, 3.8) is 0 Å². The normalized spacial score (nSPS) is 10.8. The number of rotatable bonds is 5. The Balaban J connectivity index is 2.30. The van der Waals surface area contributed by atoms with Gasteiger partial charge in [-0.3, -0.25) is 0 Å². The van der Waals surface area contributed by atoms with E-state index in [4.69, 9.17) is 5.73 Å². The van der Waals surface area contributed by atoms with E-state index in [9.17, 15) is 0 Å². The second-order valence-corrected chi connectivity index (χ2v) is 5.07. The maximum atomic E-state index is 5.76. The zero-order valence-electron chi connectivity index (χ0n) is 12.0. The van der Waals surface area contributed by atoms with Gasteiger partial charge >= 0.3 is 0 Å². The van der Waals surface area contributed by atoms with Crippen LogP contribution in [0.2, 0.25) is 0 Å². The SMILES string of the molecule is CCN(CC)c1nc(N)nc(Sc2nnc(C)n2C)n1. The number of nitrogens with two attached hydrogens (primary N) is 1. The second kappa shape index (κ2) is 6.04. The summed E-state index contributed by atoms with van der Waals surface area (Å²) in [4.78, 5) is 14.8. The average Bonchev–Trinajstić information content (AvgIpc) is 2.72. The molecule has 8 nitrogen and oxygen atoms in total. The van der Waals surface area contributed by atoms with E-state index < -0.39 is 0 Å². The predicted octanol–water partition coefficient (Wildman–Crippen LogP) is 0.888. The smallest absolute Gasteiger partial charge is 0.231 e. The van der Waals surface area contributed by atoms with Crippen LogP contribution in [0, 0.1) is 6.92 Å². The number of nitrogens with zero attached hydrogens (tertiary/aromatic N) is 7. The number of nitrogen functional groups attached to an aromatic ring is 1. The van der Waals surface area contributed by atoms with Crippen LogP contribution in [0.15, 0.2) is 10.3 Å². The fourth-order valence-electron chi connectivity index (χ4n) is 1.61. The summed E-state index contributed by atoms with van der Waals surface area (Å²) in [6.45, 7) is 7.60. The largest absolute Gasteiger partial charge is 0.368 e. The lowest BCUT2D eigenvalue weighted by atomic mass is 10.5. The van der Waals surface area contributed by atoms with Crippen LogP contribution in [-0.4, -0.2) is 42.8 Å². The lowest BCUT2D eigenvalue weighted by Gasteiger charge is -2.18. The van der Waals surface area contributed by atoms with Crippen LogP contribution in [-0.2, 0) is 7.05 Å². The maximum absolute atomic E-state index is 5.76. The second-order valence-electron chi connectivity index (χ2n) is 4.14. The van der Waals surface area contributed by atoms with Crippen LogP contribution in [0.25, 0.3) is 0 Å². The van der Waals surface area contributed by atoms with Crippen molar-refractivity contribution in [2.24, 2.45) is 7.05 Å². The molecule has 0 aromatic carbocycles. The highest BCUT2D eigenvalue weighted by Gasteiger charge is 2.13. The quantitative estimate of drug-likeness (QED) is 0.868. The van der Waals surface area contributed by atoms with Crippen molar-refractivity contribution in [2.75, 3.05) is 23.7 Å². The minimum atomic E-state index is 0.211. The first-order chi connectivity index (χ1) is 9.55. The lowest BCUT2D eigenvalue weighted by molar-refractivity contribution is 0.756. The fourth-order valence-corrected chi connectivity index (χ4v) is 2.39. The van der Waals surface area contributed by atoms with Crippen molar-refractivity contribution in [3.8, 4) is 0 Å². The first-order valence-electron chi connectivity index (χ1n) is 6.35. The van der Waals surface area contributed by atoms with Crippen molar-refractivity contribution in [1.29, 1.82) is 0 Å². The lowest BCUT2D eigenvalue weighted by Crippen LogP contribution is -2.25. The van der Waals surface area contributed by atoms with Gasteiger partial charge in [0.2, 0.25) is 17.1 Å². The van der Waals surface area contributed by atoms with Crippen LogP contribution in [0.5, 0.6) is 0 Å². The number of aromatic nitrogens is 6. The maximum Gasteiger partial charge on any atom is 0.231 e. The molecule has 0 aliphatic rings. The van der Waals surface area contributed by atoms with Gasteiger partial charge in [-0.25, -0.2) is 0 Å². The summed E-state index contributed by atoms with van der Waals surface area (Å²) in [5, 5.41) is 9.32. The van der Waals surface area contributed by atoms with Gasteiger partial charge in [-0.15, -0.1) is 10.2 Å². The molecule has 0 fully saturated rings. The minimum absolute atomic E-state index is 0.211. The number of hydrogen-bond donors (Lipinski definition) is 1. The highest BCUT2D eigenvalue weighted by atomic mass is 32.2. The van der Waals surface area contributed by atoms with Gasteiger partial charge in [-0.1, -0.05) is 0 Å². The summed E-state index contributed by atoms with van der Waals surface area (Å²) in [6.07, 6.45) is 0. The van der Waals surface area contributed by atoms with Crippen LogP contribution in [0.4, 0.5) is 11.9 Å². The monoisotopic (exact) mass is 294 g/mol. The summed E-state index contributed by atoms with van der Waals surface area (Å²) in [5.74, 6) is 1.63. The molecule has 2 rings (SSSR count). The number of anilines is 2. The Kier molecular flexibility index (Phi) is 4.38. The van der Waals surface area contributed by atoms with Gasteiger partial charge in [0.1, 0.15) is 5.82 Å². The highest BCUT2D eigenvalue weighted by Crippen LogP contribution is 2.24. The topological polar surface area (TPSA) is 98.6 Å². The van der Waals surface area contributed by atoms with Crippen molar-refractivity contribution in [3.05, 3.63) is 5.82 Å². The molecule has 2 heterocycles. The highest BCUT2D eigenvalue weighted by molar-refractivity contribution is 7.99. The summed E-state index contributed by atoms with van der Waals surface area (Å²) in [7, 11) is 1.90. The average molecular weight is 294 g/mol. The molecule has 0 aliphatic carbocycles. The molecule has 0 radical (unpaired) electrons. The fraction of sp³-hybridized carbons (Fsp3) is 0.545. The van der Waals surface area contributed by atoms with Gasteiger partial charge in [0, 0.05) is 20.1 Å². The predicted molar refractivity (Wildman–Crippen MR) is 77.7 cm³/mol. The van der Waals surface area contributed by atoms with Crippen molar-refractivity contribution >= 4 is 23.7 Å². The molecule has 20 heavy (non-hydrogen) atoms. The first kappa shape index (κ1) is 14.5.